The molecule has 2 N–H and O–H groups in total. The van der Waals surface area contributed by atoms with Crippen LogP contribution < -0.4 is 10.6 Å². The second kappa shape index (κ2) is 9.22. The highest BCUT2D eigenvalue weighted by Crippen LogP contribution is 2.11. The number of aliphatic imine (C=N–C) groups is 1. The summed E-state index contributed by atoms with van der Waals surface area (Å²) in [5.74, 6) is 0.855. The van der Waals surface area contributed by atoms with Crippen LogP contribution in [0.2, 0.25) is 0 Å². The van der Waals surface area contributed by atoms with Crippen molar-refractivity contribution in [2.24, 2.45) is 4.99 Å². The zero-order valence-electron chi connectivity index (χ0n) is 14.8. The van der Waals surface area contributed by atoms with Crippen molar-refractivity contribution < 1.29 is 4.74 Å². The fraction of sp³-hybridized carbons (Fsp3) is 0.474. The van der Waals surface area contributed by atoms with Crippen molar-refractivity contribution in [3.8, 4) is 5.69 Å². The lowest BCUT2D eigenvalue weighted by atomic mass is 10.2. The molecule has 1 atom stereocenters. The molecule has 6 nitrogen and oxygen atoms in total. The third-order valence-corrected chi connectivity index (χ3v) is 4.18. The highest BCUT2D eigenvalue weighted by molar-refractivity contribution is 5.79. The monoisotopic (exact) mass is 341 g/mol. The average molecular weight is 341 g/mol. The van der Waals surface area contributed by atoms with E-state index in [1.54, 1.807) is 0 Å². The number of nitrogens with one attached hydrogen (secondary N) is 2. The summed E-state index contributed by atoms with van der Waals surface area (Å²) >= 11 is 0. The molecule has 6 heteroatoms. The molecule has 0 bridgehead atoms. The Morgan fingerprint density at radius 2 is 2.20 bits per heavy atom. The maximum absolute atomic E-state index is 5.63. The third-order valence-electron chi connectivity index (χ3n) is 4.18. The van der Waals surface area contributed by atoms with Gasteiger partial charge in [-0.15, -0.1) is 0 Å². The standard InChI is InChI=1S/C19H27N5O/c1-2-20-19(22-14-18-9-6-12-25-18)21-11-10-16-13-23-24(15-16)17-7-4-3-5-8-17/h3-5,7-8,13,15,18H,2,6,9-12,14H2,1H3,(H2,20,21,22). The van der Waals surface area contributed by atoms with Gasteiger partial charge in [0, 0.05) is 25.9 Å². The lowest BCUT2D eigenvalue weighted by molar-refractivity contribution is 0.117. The molecule has 0 spiro atoms. The second-order valence-corrected chi connectivity index (χ2v) is 6.16. The molecular formula is C19H27N5O. The molecule has 2 heterocycles. The molecule has 2 aromatic rings. The van der Waals surface area contributed by atoms with Crippen LogP contribution in [0.1, 0.15) is 25.3 Å². The lowest BCUT2D eigenvalue weighted by Crippen LogP contribution is -2.38. The first-order valence-electron chi connectivity index (χ1n) is 9.08. The Hall–Kier alpha value is -2.34. The van der Waals surface area contributed by atoms with E-state index in [9.17, 15) is 0 Å². The lowest BCUT2D eigenvalue weighted by Gasteiger charge is -2.12. The van der Waals surface area contributed by atoms with Crippen molar-refractivity contribution in [1.82, 2.24) is 20.4 Å². The fourth-order valence-electron chi connectivity index (χ4n) is 2.86. The van der Waals surface area contributed by atoms with Crippen LogP contribution >= 0.6 is 0 Å². The third kappa shape index (κ3) is 5.32. The minimum atomic E-state index is 0.277. The highest BCUT2D eigenvalue weighted by atomic mass is 16.5. The molecule has 0 aliphatic carbocycles. The average Bonchev–Trinajstić information content (AvgIpc) is 3.32. The van der Waals surface area contributed by atoms with Crippen LogP contribution in [-0.4, -0.2) is 48.1 Å². The Kier molecular flexibility index (Phi) is 6.45. The topological polar surface area (TPSA) is 63.5 Å². The number of ether oxygens (including phenoxy) is 1. The molecule has 1 fully saturated rings. The van der Waals surface area contributed by atoms with E-state index in [4.69, 9.17) is 4.74 Å². The molecule has 3 rings (SSSR count). The summed E-state index contributed by atoms with van der Waals surface area (Å²) in [5.41, 5.74) is 2.28. The number of guanidine groups is 1. The van der Waals surface area contributed by atoms with Crippen LogP contribution in [0.4, 0.5) is 0 Å². The maximum Gasteiger partial charge on any atom is 0.191 e. The summed E-state index contributed by atoms with van der Waals surface area (Å²) in [4.78, 5) is 4.63. The summed E-state index contributed by atoms with van der Waals surface area (Å²) in [6.45, 7) is 5.34. The fourth-order valence-corrected chi connectivity index (χ4v) is 2.86. The minimum absolute atomic E-state index is 0.277. The van der Waals surface area contributed by atoms with E-state index in [1.165, 1.54) is 5.56 Å². The van der Waals surface area contributed by atoms with Gasteiger partial charge in [0.1, 0.15) is 0 Å². The molecule has 1 saturated heterocycles. The zero-order chi connectivity index (χ0) is 17.3. The Labute approximate surface area is 149 Å². The smallest absolute Gasteiger partial charge is 0.191 e. The molecular weight excluding hydrogens is 314 g/mol. The van der Waals surface area contributed by atoms with Crippen LogP contribution in [0.3, 0.4) is 0 Å². The van der Waals surface area contributed by atoms with Gasteiger partial charge in [-0.05, 0) is 43.9 Å². The van der Waals surface area contributed by atoms with E-state index < -0.39 is 0 Å². The number of benzene rings is 1. The number of aromatic nitrogens is 2. The molecule has 25 heavy (non-hydrogen) atoms. The number of rotatable bonds is 7. The summed E-state index contributed by atoms with van der Waals surface area (Å²) in [6.07, 6.45) is 7.44. The summed E-state index contributed by atoms with van der Waals surface area (Å²) in [7, 11) is 0. The second-order valence-electron chi connectivity index (χ2n) is 6.16. The van der Waals surface area contributed by atoms with Gasteiger partial charge in [0.05, 0.1) is 24.5 Å². The first-order chi connectivity index (χ1) is 12.3. The summed E-state index contributed by atoms with van der Waals surface area (Å²) < 4.78 is 7.54. The van der Waals surface area contributed by atoms with E-state index >= 15 is 0 Å². The SMILES string of the molecule is CCNC(=NCC1CCCO1)NCCc1cnn(-c2ccccc2)c1. The normalized spacial score (nSPS) is 17.6. The van der Waals surface area contributed by atoms with Gasteiger partial charge in [-0.2, -0.15) is 5.10 Å². The largest absolute Gasteiger partial charge is 0.376 e. The van der Waals surface area contributed by atoms with E-state index in [2.05, 4.69) is 46.0 Å². The van der Waals surface area contributed by atoms with Gasteiger partial charge in [0.15, 0.2) is 5.96 Å². The van der Waals surface area contributed by atoms with Gasteiger partial charge in [0.25, 0.3) is 0 Å². The van der Waals surface area contributed by atoms with Crippen molar-refractivity contribution in [2.75, 3.05) is 26.2 Å². The number of hydrogen-bond acceptors (Lipinski definition) is 3. The van der Waals surface area contributed by atoms with Crippen molar-refractivity contribution in [1.29, 1.82) is 0 Å². The van der Waals surface area contributed by atoms with E-state index in [0.29, 0.717) is 0 Å². The molecule has 1 aliphatic heterocycles. The van der Waals surface area contributed by atoms with Crippen LogP contribution in [-0.2, 0) is 11.2 Å². The molecule has 1 aromatic heterocycles. The quantitative estimate of drug-likeness (QED) is 0.598. The zero-order valence-corrected chi connectivity index (χ0v) is 14.8. The highest BCUT2D eigenvalue weighted by Gasteiger charge is 2.14. The van der Waals surface area contributed by atoms with Crippen molar-refractivity contribution in [3.05, 3.63) is 48.3 Å². The maximum atomic E-state index is 5.63. The van der Waals surface area contributed by atoms with Crippen LogP contribution in [0, 0.1) is 0 Å². The Morgan fingerprint density at radius 3 is 2.96 bits per heavy atom. The number of hydrogen-bond donors (Lipinski definition) is 2. The van der Waals surface area contributed by atoms with Crippen molar-refractivity contribution >= 4 is 5.96 Å². The van der Waals surface area contributed by atoms with Crippen LogP contribution in [0.5, 0.6) is 0 Å². The van der Waals surface area contributed by atoms with Gasteiger partial charge in [-0.1, -0.05) is 18.2 Å². The summed E-state index contributed by atoms with van der Waals surface area (Å²) in [6, 6.07) is 10.2. The first kappa shape index (κ1) is 17.5. The molecule has 1 aliphatic rings. The van der Waals surface area contributed by atoms with E-state index in [1.807, 2.05) is 29.1 Å². The predicted octanol–water partition coefficient (Wildman–Crippen LogP) is 2.15. The first-order valence-corrected chi connectivity index (χ1v) is 9.08. The van der Waals surface area contributed by atoms with E-state index in [-0.39, 0.29) is 6.10 Å². The van der Waals surface area contributed by atoms with Gasteiger partial charge in [-0.3, -0.25) is 4.99 Å². The van der Waals surface area contributed by atoms with Crippen molar-refractivity contribution in [3.63, 3.8) is 0 Å². The van der Waals surface area contributed by atoms with Gasteiger partial charge < -0.3 is 15.4 Å². The Balaban J connectivity index is 1.48. The Morgan fingerprint density at radius 1 is 1.32 bits per heavy atom. The van der Waals surface area contributed by atoms with Gasteiger partial charge in [-0.25, -0.2) is 4.68 Å². The molecule has 1 unspecified atom stereocenters. The number of nitrogens with zero attached hydrogens (tertiary/aromatic N) is 3. The summed E-state index contributed by atoms with van der Waals surface area (Å²) in [5, 5.41) is 11.1. The van der Waals surface area contributed by atoms with Crippen molar-refractivity contribution in [2.45, 2.75) is 32.3 Å². The molecule has 0 amide bonds. The molecule has 1 aromatic carbocycles. The van der Waals surface area contributed by atoms with Crippen LogP contribution in [0.15, 0.2) is 47.7 Å². The van der Waals surface area contributed by atoms with Crippen LogP contribution in [0.25, 0.3) is 5.69 Å². The van der Waals surface area contributed by atoms with Gasteiger partial charge >= 0.3 is 0 Å². The van der Waals surface area contributed by atoms with E-state index in [0.717, 1.165) is 57.2 Å². The minimum Gasteiger partial charge on any atom is -0.376 e. The molecule has 0 radical (unpaired) electrons. The molecule has 134 valence electrons. The van der Waals surface area contributed by atoms with Gasteiger partial charge in [0.2, 0.25) is 0 Å². The molecule has 0 saturated carbocycles. The number of para-hydroxylation sites is 1. The Bertz CT molecular complexity index is 661. The predicted molar refractivity (Wildman–Crippen MR) is 100 cm³/mol.